The first-order valence-electron chi connectivity index (χ1n) is 6.15. The van der Waals surface area contributed by atoms with Crippen molar-refractivity contribution in [3.63, 3.8) is 0 Å². The highest BCUT2D eigenvalue weighted by molar-refractivity contribution is 6.19. The predicted molar refractivity (Wildman–Crippen MR) is 74.4 cm³/mol. The number of pyridine rings is 1. The van der Waals surface area contributed by atoms with Crippen LogP contribution in [-0.4, -0.2) is 27.7 Å². The van der Waals surface area contributed by atoms with Crippen LogP contribution in [0.4, 0.5) is 0 Å². The Hall–Kier alpha value is -1.09. The van der Waals surface area contributed by atoms with E-state index in [9.17, 15) is 4.79 Å². The number of hydrogen-bond acceptors (Lipinski definition) is 2. The van der Waals surface area contributed by atoms with Crippen LogP contribution in [0.1, 0.15) is 33.4 Å². The molecular weight excluding hydrogens is 248 g/mol. The highest BCUT2D eigenvalue weighted by atomic mass is 35.5. The minimum absolute atomic E-state index is 0.0677. The molecule has 18 heavy (non-hydrogen) atoms. The van der Waals surface area contributed by atoms with Gasteiger partial charge < -0.3 is 4.90 Å². The van der Waals surface area contributed by atoms with Crippen molar-refractivity contribution in [2.45, 2.75) is 40.3 Å². The lowest BCUT2D eigenvalue weighted by Crippen LogP contribution is -2.45. The van der Waals surface area contributed by atoms with Gasteiger partial charge in [-0.25, -0.2) is 0 Å². The molecule has 1 amide bonds. The topological polar surface area (TPSA) is 33.2 Å². The van der Waals surface area contributed by atoms with Crippen LogP contribution in [0, 0.1) is 5.41 Å². The second kappa shape index (κ2) is 6.19. The quantitative estimate of drug-likeness (QED) is 0.769. The monoisotopic (exact) mass is 268 g/mol. The Morgan fingerprint density at radius 1 is 1.44 bits per heavy atom. The molecular formula is C14H21ClN2O. The summed E-state index contributed by atoms with van der Waals surface area (Å²) in [6.07, 6.45) is 1.74. The van der Waals surface area contributed by atoms with Crippen LogP contribution in [0.25, 0.3) is 0 Å². The Morgan fingerprint density at radius 3 is 2.56 bits per heavy atom. The molecule has 0 aliphatic rings. The van der Waals surface area contributed by atoms with Crippen LogP contribution in [0.2, 0.25) is 0 Å². The number of carbonyl (C=O) groups excluding carboxylic acids is 1. The molecule has 1 aromatic heterocycles. The van der Waals surface area contributed by atoms with E-state index in [4.69, 9.17) is 11.6 Å². The van der Waals surface area contributed by atoms with E-state index in [1.807, 2.05) is 50.8 Å². The molecule has 1 heterocycles. The van der Waals surface area contributed by atoms with Gasteiger partial charge in [-0.3, -0.25) is 9.78 Å². The van der Waals surface area contributed by atoms with Crippen LogP contribution in [0.3, 0.4) is 0 Å². The van der Waals surface area contributed by atoms with Gasteiger partial charge >= 0.3 is 0 Å². The molecule has 0 aliphatic heterocycles. The van der Waals surface area contributed by atoms with E-state index in [1.165, 1.54) is 0 Å². The van der Waals surface area contributed by atoms with Gasteiger partial charge in [-0.2, -0.15) is 0 Å². The van der Waals surface area contributed by atoms with Gasteiger partial charge in [0.15, 0.2) is 0 Å². The number of halogens is 1. The molecule has 0 saturated heterocycles. The lowest BCUT2D eigenvalue weighted by molar-refractivity contribution is -0.141. The van der Waals surface area contributed by atoms with Gasteiger partial charge in [0.25, 0.3) is 0 Å². The minimum atomic E-state index is -0.541. The highest BCUT2D eigenvalue weighted by Gasteiger charge is 2.32. The molecule has 4 heteroatoms. The van der Waals surface area contributed by atoms with Crippen molar-refractivity contribution in [2.75, 3.05) is 5.88 Å². The summed E-state index contributed by atoms with van der Waals surface area (Å²) in [5.74, 6) is 0.384. The maximum atomic E-state index is 12.5. The van der Waals surface area contributed by atoms with Crippen molar-refractivity contribution in [3.8, 4) is 0 Å². The number of amides is 1. The van der Waals surface area contributed by atoms with E-state index in [-0.39, 0.29) is 11.9 Å². The third-order valence-corrected chi connectivity index (χ3v) is 3.52. The van der Waals surface area contributed by atoms with E-state index in [0.717, 1.165) is 5.69 Å². The molecule has 0 saturated carbocycles. The second-order valence-electron chi connectivity index (χ2n) is 5.37. The SMILES string of the molecule is CC(C)N(Cc1ccccn1)C(=O)C(C)(C)CCl. The molecule has 0 unspecified atom stereocenters. The fraction of sp³-hybridized carbons (Fsp3) is 0.571. The lowest BCUT2D eigenvalue weighted by Gasteiger charge is -2.33. The Bertz CT molecular complexity index is 390. The molecule has 0 fully saturated rings. The maximum absolute atomic E-state index is 12.5. The molecule has 0 atom stereocenters. The molecule has 0 aliphatic carbocycles. The van der Waals surface area contributed by atoms with Crippen molar-refractivity contribution in [1.82, 2.24) is 9.88 Å². The van der Waals surface area contributed by atoms with Gasteiger partial charge in [0, 0.05) is 18.1 Å². The summed E-state index contributed by atoms with van der Waals surface area (Å²) in [6.45, 7) is 8.28. The number of carbonyl (C=O) groups is 1. The van der Waals surface area contributed by atoms with Crippen molar-refractivity contribution in [2.24, 2.45) is 5.41 Å². The van der Waals surface area contributed by atoms with Gasteiger partial charge in [-0.15, -0.1) is 11.6 Å². The number of rotatable bonds is 5. The number of nitrogens with zero attached hydrogens (tertiary/aromatic N) is 2. The first-order chi connectivity index (χ1) is 8.38. The summed E-state index contributed by atoms with van der Waals surface area (Å²) in [7, 11) is 0. The third-order valence-electron chi connectivity index (χ3n) is 2.86. The van der Waals surface area contributed by atoms with Gasteiger partial charge in [0.2, 0.25) is 5.91 Å². The first kappa shape index (κ1) is 15.0. The molecule has 0 radical (unpaired) electrons. The van der Waals surface area contributed by atoms with E-state index in [0.29, 0.717) is 12.4 Å². The largest absolute Gasteiger partial charge is 0.334 e. The zero-order valence-corrected chi connectivity index (χ0v) is 12.2. The molecule has 100 valence electrons. The average molecular weight is 269 g/mol. The summed E-state index contributed by atoms with van der Waals surface area (Å²) >= 11 is 5.88. The number of aromatic nitrogens is 1. The summed E-state index contributed by atoms with van der Waals surface area (Å²) < 4.78 is 0. The minimum Gasteiger partial charge on any atom is -0.334 e. The van der Waals surface area contributed by atoms with Crippen molar-refractivity contribution >= 4 is 17.5 Å². The average Bonchev–Trinajstić information content (AvgIpc) is 2.36. The van der Waals surface area contributed by atoms with Crippen LogP contribution < -0.4 is 0 Å². The van der Waals surface area contributed by atoms with Crippen LogP contribution >= 0.6 is 11.6 Å². The molecule has 1 rings (SSSR count). The van der Waals surface area contributed by atoms with E-state index < -0.39 is 5.41 Å². The van der Waals surface area contributed by atoms with Gasteiger partial charge in [0.1, 0.15) is 0 Å². The first-order valence-corrected chi connectivity index (χ1v) is 6.69. The van der Waals surface area contributed by atoms with Gasteiger partial charge in [0.05, 0.1) is 17.7 Å². The third kappa shape index (κ3) is 3.70. The van der Waals surface area contributed by atoms with E-state index in [1.54, 1.807) is 6.20 Å². The van der Waals surface area contributed by atoms with Gasteiger partial charge in [-0.1, -0.05) is 6.07 Å². The van der Waals surface area contributed by atoms with Crippen LogP contribution in [-0.2, 0) is 11.3 Å². The maximum Gasteiger partial charge on any atom is 0.230 e. The molecule has 3 nitrogen and oxygen atoms in total. The molecule has 0 N–H and O–H groups in total. The second-order valence-corrected chi connectivity index (χ2v) is 5.63. The normalized spacial score (nSPS) is 11.7. The molecule has 0 bridgehead atoms. The highest BCUT2D eigenvalue weighted by Crippen LogP contribution is 2.23. The van der Waals surface area contributed by atoms with Crippen molar-refractivity contribution < 1.29 is 4.79 Å². The number of alkyl halides is 1. The van der Waals surface area contributed by atoms with Crippen molar-refractivity contribution in [1.29, 1.82) is 0 Å². The predicted octanol–water partition coefficient (Wildman–Crippen LogP) is 3.08. The van der Waals surface area contributed by atoms with Crippen LogP contribution in [0.5, 0.6) is 0 Å². The van der Waals surface area contributed by atoms with Crippen LogP contribution in [0.15, 0.2) is 24.4 Å². The Kier molecular flexibility index (Phi) is 5.15. The fourth-order valence-electron chi connectivity index (χ4n) is 1.60. The summed E-state index contributed by atoms with van der Waals surface area (Å²) in [5.41, 5.74) is 0.352. The smallest absolute Gasteiger partial charge is 0.230 e. The fourth-order valence-corrected chi connectivity index (χ4v) is 1.72. The molecule has 1 aromatic rings. The standard InChI is InChI=1S/C14H21ClN2O/c1-11(2)17(13(18)14(3,4)10-15)9-12-7-5-6-8-16-12/h5-8,11H,9-10H2,1-4H3. The zero-order chi connectivity index (χ0) is 13.8. The Balaban J connectivity index is 2.88. The Morgan fingerprint density at radius 2 is 2.11 bits per heavy atom. The molecule has 0 aromatic carbocycles. The molecule has 0 spiro atoms. The Labute approximate surface area is 114 Å². The van der Waals surface area contributed by atoms with Gasteiger partial charge in [-0.05, 0) is 39.8 Å². The zero-order valence-electron chi connectivity index (χ0n) is 11.5. The van der Waals surface area contributed by atoms with E-state index >= 15 is 0 Å². The summed E-state index contributed by atoms with van der Waals surface area (Å²) in [4.78, 5) is 18.5. The van der Waals surface area contributed by atoms with E-state index in [2.05, 4.69) is 4.98 Å². The van der Waals surface area contributed by atoms with Crippen molar-refractivity contribution in [3.05, 3.63) is 30.1 Å². The lowest BCUT2D eigenvalue weighted by atomic mass is 9.93. The summed E-state index contributed by atoms with van der Waals surface area (Å²) in [5, 5.41) is 0. The number of hydrogen-bond donors (Lipinski definition) is 0. The summed E-state index contributed by atoms with van der Waals surface area (Å²) in [6, 6.07) is 5.85.